The van der Waals surface area contributed by atoms with Crippen molar-refractivity contribution in [3.63, 3.8) is 0 Å². The van der Waals surface area contributed by atoms with Crippen LogP contribution in [-0.2, 0) is 4.79 Å². The molecule has 3 nitrogen and oxygen atoms in total. The van der Waals surface area contributed by atoms with Crippen LogP contribution in [0.2, 0.25) is 0 Å². The predicted octanol–water partition coefficient (Wildman–Crippen LogP) is 1.10. The van der Waals surface area contributed by atoms with Gasteiger partial charge >= 0.3 is 0 Å². The topological polar surface area (TPSA) is 41.5 Å². The molecule has 0 aromatic rings. The molecule has 0 radical (unpaired) electrons. The van der Waals surface area contributed by atoms with E-state index in [9.17, 15) is 4.79 Å². The van der Waals surface area contributed by atoms with E-state index in [1.807, 2.05) is 0 Å². The molecule has 0 saturated carbocycles. The molecule has 0 spiro atoms. The fourth-order valence-corrected chi connectivity index (χ4v) is 1.16. The highest BCUT2D eigenvalue weighted by Gasteiger charge is 1.93. The summed E-state index contributed by atoms with van der Waals surface area (Å²) in [5, 5.41) is 3.28. The van der Waals surface area contributed by atoms with E-state index in [-0.39, 0.29) is 0 Å². The number of nitrogens with one attached hydrogen (secondary N) is 1. The van der Waals surface area contributed by atoms with Crippen molar-refractivity contribution in [3.05, 3.63) is 17.8 Å². The largest absolute Gasteiger partial charge is 0.317 e. The Morgan fingerprint density at radius 3 is 2.31 bits per heavy atom. The first-order valence-electron chi connectivity index (χ1n) is 4.60. The molecule has 2 heterocycles. The summed E-state index contributed by atoms with van der Waals surface area (Å²) in [6.07, 6.45) is 9.07. The van der Waals surface area contributed by atoms with Gasteiger partial charge in [0.2, 0.25) is 0 Å². The molecule has 2 rings (SSSR count). The third-order valence-corrected chi connectivity index (χ3v) is 1.87. The maximum atomic E-state index is 9.68. The number of rotatable bonds is 0. The van der Waals surface area contributed by atoms with E-state index in [1.165, 1.54) is 32.4 Å². The van der Waals surface area contributed by atoms with Gasteiger partial charge in [-0.1, -0.05) is 6.42 Å². The third kappa shape index (κ3) is 4.41. The second-order valence-corrected chi connectivity index (χ2v) is 2.94. The van der Waals surface area contributed by atoms with Crippen molar-refractivity contribution in [2.75, 3.05) is 13.1 Å². The van der Waals surface area contributed by atoms with Crippen LogP contribution in [0.4, 0.5) is 0 Å². The van der Waals surface area contributed by atoms with Crippen molar-refractivity contribution >= 4 is 12.2 Å². The molecule has 0 bridgehead atoms. The summed E-state index contributed by atoms with van der Waals surface area (Å²) in [4.78, 5) is 13.3. The highest BCUT2D eigenvalue weighted by molar-refractivity contribution is 5.80. The minimum Gasteiger partial charge on any atom is -0.317 e. The summed E-state index contributed by atoms with van der Waals surface area (Å²) in [5.74, 6) is 1.65. The zero-order valence-corrected chi connectivity index (χ0v) is 7.62. The van der Waals surface area contributed by atoms with Crippen LogP contribution in [0.5, 0.6) is 0 Å². The molecule has 0 aromatic carbocycles. The summed E-state index contributed by atoms with van der Waals surface area (Å²) >= 11 is 0. The number of carbonyl (C=O) groups excluding carboxylic acids is 1. The SMILES string of the molecule is C1CCNCC1.O=C=C1C=CC=N1. The number of allylic oxidation sites excluding steroid dienone is 2. The fourth-order valence-electron chi connectivity index (χ4n) is 1.16. The molecule has 1 fully saturated rings. The minimum atomic E-state index is 0.375. The summed E-state index contributed by atoms with van der Waals surface area (Å²) < 4.78 is 0. The normalized spacial score (nSPS) is 19.2. The second kappa shape index (κ2) is 6.35. The number of hydrogen-bond acceptors (Lipinski definition) is 3. The molecule has 1 saturated heterocycles. The average molecular weight is 178 g/mol. The summed E-state index contributed by atoms with van der Waals surface area (Å²) in [6, 6.07) is 0. The molecule has 13 heavy (non-hydrogen) atoms. The third-order valence-electron chi connectivity index (χ3n) is 1.87. The van der Waals surface area contributed by atoms with Crippen molar-refractivity contribution in [2.45, 2.75) is 19.3 Å². The minimum absolute atomic E-state index is 0.375. The van der Waals surface area contributed by atoms with E-state index in [0.717, 1.165) is 0 Å². The molecule has 1 N–H and O–H groups in total. The van der Waals surface area contributed by atoms with Crippen LogP contribution in [0.15, 0.2) is 22.8 Å². The first-order valence-corrected chi connectivity index (χ1v) is 4.60. The Bertz CT molecular complexity index is 220. The van der Waals surface area contributed by atoms with Crippen LogP contribution < -0.4 is 5.32 Å². The molecular weight excluding hydrogens is 164 g/mol. The standard InChI is InChI=1S/C5H3NO.C5H11N/c7-4-5-2-1-3-6-5;1-2-4-6-5-3-1/h1-3H;6H,1-5H2. The predicted molar refractivity (Wildman–Crippen MR) is 53.6 cm³/mol. The van der Waals surface area contributed by atoms with Crippen molar-refractivity contribution in [1.82, 2.24) is 5.32 Å². The van der Waals surface area contributed by atoms with Crippen molar-refractivity contribution in [3.8, 4) is 0 Å². The van der Waals surface area contributed by atoms with Crippen molar-refractivity contribution in [1.29, 1.82) is 0 Å². The molecular formula is C10H14N2O. The zero-order chi connectivity index (χ0) is 9.36. The number of hydrogen-bond donors (Lipinski definition) is 1. The Labute approximate surface area is 78.2 Å². The molecule has 70 valence electrons. The van der Waals surface area contributed by atoms with Gasteiger partial charge in [0.25, 0.3) is 0 Å². The van der Waals surface area contributed by atoms with Gasteiger partial charge in [0, 0.05) is 6.21 Å². The molecule has 0 aliphatic carbocycles. The van der Waals surface area contributed by atoms with Crippen LogP contribution >= 0.6 is 0 Å². The van der Waals surface area contributed by atoms with Crippen molar-refractivity contribution < 1.29 is 4.79 Å². The number of aliphatic imine (C=N–C) groups is 1. The van der Waals surface area contributed by atoms with Gasteiger partial charge in [0.15, 0.2) is 5.94 Å². The van der Waals surface area contributed by atoms with Gasteiger partial charge in [0.1, 0.15) is 5.70 Å². The van der Waals surface area contributed by atoms with Gasteiger partial charge in [-0.2, -0.15) is 0 Å². The van der Waals surface area contributed by atoms with Crippen LogP contribution in [0.3, 0.4) is 0 Å². The quantitative estimate of drug-likeness (QED) is 0.564. The van der Waals surface area contributed by atoms with E-state index < -0.39 is 0 Å². The first kappa shape index (κ1) is 9.90. The van der Waals surface area contributed by atoms with Gasteiger partial charge in [-0.05, 0) is 38.1 Å². The Hall–Kier alpha value is -1.18. The average Bonchev–Trinajstić information content (AvgIpc) is 2.74. The van der Waals surface area contributed by atoms with Gasteiger partial charge in [0.05, 0.1) is 0 Å². The van der Waals surface area contributed by atoms with Crippen molar-refractivity contribution in [2.24, 2.45) is 4.99 Å². The van der Waals surface area contributed by atoms with Crippen LogP contribution in [0, 0.1) is 0 Å². The lowest BCUT2D eigenvalue weighted by atomic mass is 10.2. The molecule has 0 aromatic heterocycles. The van der Waals surface area contributed by atoms with Crippen LogP contribution in [0.25, 0.3) is 0 Å². The van der Waals surface area contributed by atoms with Crippen LogP contribution in [0.1, 0.15) is 19.3 Å². The Balaban J connectivity index is 0.000000132. The summed E-state index contributed by atoms with van der Waals surface area (Å²) in [6.45, 7) is 2.50. The summed E-state index contributed by atoms with van der Waals surface area (Å²) in [7, 11) is 0. The Kier molecular flexibility index (Phi) is 4.84. The molecule has 3 heteroatoms. The smallest absolute Gasteiger partial charge is 0.152 e. The monoisotopic (exact) mass is 178 g/mol. The molecule has 0 unspecified atom stereocenters. The first-order chi connectivity index (χ1) is 6.43. The molecule has 2 aliphatic rings. The lowest BCUT2D eigenvalue weighted by molar-refractivity contribution is 0.520. The molecule has 0 atom stereocenters. The van der Waals surface area contributed by atoms with Gasteiger partial charge in [-0.15, -0.1) is 0 Å². The van der Waals surface area contributed by atoms with Gasteiger partial charge < -0.3 is 5.32 Å². The van der Waals surface area contributed by atoms with E-state index in [0.29, 0.717) is 5.70 Å². The Morgan fingerprint density at radius 2 is 2.08 bits per heavy atom. The maximum Gasteiger partial charge on any atom is 0.152 e. The maximum absolute atomic E-state index is 9.68. The summed E-state index contributed by atoms with van der Waals surface area (Å²) in [5.41, 5.74) is 0.375. The van der Waals surface area contributed by atoms with E-state index in [2.05, 4.69) is 10.3 Å². The van der Waals surface area contributed by atoms with Gasteiger partial charge in [-0.25, -0.2) is 9.79 Å². The highest BCUT2D eigenvalue weighted by Crippen LogP contribution is 1.97. The second-order valence-electron chi connectivity index (χ2n) is 2.94. The number of piperidine rings is 1. The van der Waals surface area contributed by atoms with E-state index in [1.54, 1.807) is 24.3 Å². The van der Waals surface area contributed by atoms with Gasteiger partial charge in [-0.3, -0.25) is 0 Å². The molecule has 0 amide bonds. The number of nitrogens with zero attached hydrogens (tertiary/aromatic N) is 1. The molecule has 2 aliphatic heterocycles. The van der Waals surface area contributed by atoms with Crippen LogP contribution in [-0.4, -0.2) is 25.2 Å². The highest BCUT2D eigenvalue weighted by atomic mass is 16.1. The lowest BCUT2D eigenvalue weighted by Gasteiger charge is -2.08. The van der Waals surface area contributed by atoms with E-state index >= 15 is 0 Å². The Morgan fingerprint density at radius 1 is 1.31 bits per heavy atom. The van der Waals surface area contributed by atoms with E-state index in [4.69, 9.17) is 0 Å². The zero-order valence-electron chi connectivity index (χ0n) is 7.62. The fraction of sp³-hybridized carbons (Fsp3) is 0.500. The lowest BCUT2D eigenvalue weighted by Crippen LogP contribution is -2.21.